The van der Waals surface area contributed by atoms with Gasteiger partial charge < -0.3 is 9.80 Å². The molecular formula is C15H16Cl2N4. The van der Waals surface area contributed by atoms with Crippen molar-refractivity contribution < 1.29 is 0 Å². The summed E-state index contributed by atoms with van der Waals surface area (Å²) >= 11 is 12.1. The normalized spacial score (nSPS) is 15.4. The fraction of sp³-hybridized carbons (Fsp3) is 0.333. The van der Waals surface area contributed by atoms with Crippen LogP contribution in [0.4, 0.5) is 11.5 Å². The first-order valence-electron chi connectivity index (χ1n) is 6.88. The van der Waals surface area contributed by atoms with Gasteiger partial charge in [-0.1, -0.05) is 29.3 Å². The number of hydrogen-bond acceptors (Lipinski definition) is 4. The van der Waals surface area contributed by atoms with Gasteiger partial charge in [0.15, 0.2) is 0 Å². The number of anilines is 2. The predicted octanol–water partition coefficient (Wildman–Crippen LogP) is 3.42. The molecule has 1 fully saturated rings. The van der Waals surface area contributed by atoms with Crippen molar-refractivity contribution in [3.63, 3.8) is 0 Å². The Kier molecular flexibility index (Phi) is 4.17. The summed E-state index contributed by atoms with van der Waals surface area (Å²) < 4.78 is 0. The standard InChI is InChI=1S/C15H16Cl2N4/c1-11-14(17)18-10-19-15(11)21-7-5-20(6-8-21)13-4-2-3-12(16)9-13/h2-4,9-10H,5-8H2,1H3. The molecule has 2 heterocycles. The molecule has 0 atom stereocenters. The van der Waals surface area contributed by atoms with E-state index in [1.165, 1.54) is 12.0 Å². The largest absolute Gasteiger partial charge is 0.368 e. The second kappa shape index (κ2) is 6.08. The quantitative estimate of drug-likeness (QED) is 0.793. The van der Waals surface area contributed by atoms with Crippen LogP contribution in [0.15, 0.2) is 30.6 Å². The summed E-state index contributed by atoms with van der Waals surface area (Å²) in [6, 6.07) is 7.98. The Bertz CT molecular complexity index is 639. The third-order valence-electron chi connectivity index (χ3n) is 3.75. The Balaban J connectivity index is 1.72. The Labute approximate surface area is 134 Å². The summed E-state index contributed by atoms with van der Waals surface area (Å²) in [7, 11) is 0. The zero-order chi connectivity index (χ0) is 14.8. The van der Waals surface area contributed by atoms with Crippen LogP contribution in [0.2, 0.25) is 10.2 Å². The topological polar surface area (TPSA) is 32.3 Å². The van der Waals surface area contributed by atoms with Crippen molar-refractivity contribution >= 4 is 34.7 Å². The number of nitrogens with zero attached hydrogens (tertiary/aromatic N) is 4. The number of rotatable bonds is 2. The SMILES string of the molecule is Cc1c(Cl)ncnc1N1CCN(c2cccc(Cl)c2)CC1. The minimum atomic E-state index is 0.525. The first kappa shape index (κ1) is 14.4. The third kappa shape index (κ3) is 3.06. The zero-order valence-electron chi connectivity index (χ0n) is 11.8. The lowest BCUT2D eigenvalue weighted by molar-refractivity contribution is 0.645. The van der Waals surface area contributed by atoms with Gasteiger partial charge in [0, 0.05) is 42.5 Å². The third-order valence-corrected chi connectivity index (χ3v) is 4.36. The lowest BCUT2D eigenvalue weighted by Crippen LogP contribution is -2.47. The Morgan fingerprint density at radius 2 is 1.71 bits per heavy atom. The molecule has 6 heteroatoms. The van der Waals surface area contributed by atoms with Crippen LogP contribution in [0.3, 0.4) is 0 Å². The highest BCUT2D eigenvalue weighted by Crippen LogP contribution is 2.25. The van der Waals surface area contributed by atoms with Gasteiger partial charge in [-0.15, -0.1) is 0 Å². The predicted molar refractivity (Wildman–Crippen MR) is 87.7 cm³/mol. The van der Waals surface area contributed by atoms with Crippen LogP contribution in [0.1, 0.15) is 5.56 Å². The van der Waals surface area contributed by atoms with Crippen molar-refractivity contribution in [2.45, 2.75) is 6.92 Å². The summed E-state index contributed by atoms with van der Waals surface area (Å²) in [5, 5.41) is 1.30. The summed E-state index contributed by atoms with van der Waals surface area (Å²) in [6.07, 6.45) is 1.52. The molecular weight excluding hydrogens is 307 g/mol. The van der Waals surface area contributed by atoms with Crippen molar-refractivity contribution in [3.8, 4) is 0 Å². The van der Waals surface area contributed by atoms with Gasteiger partial charge in [0.25, 0.3) is 0 Å². The smallest absolute Gasteiger partial charge is 0.137 e. The number of piperazine rings is 1. The maximum absolute atomic E-state index is 6.07. The van der Waals surface area contributed by atoms with Crippen molar-refractivity contribution in [2.24, 2.45) is 0 Å². The van der Waals surface area contributed by atoms with Crippen LogP contribution >= 0.6 is 23.2 Å². The van der Waals surface area contributed by atoms with Gasteiger partial charge in [0.1, 0.15) is 17.3 Å². The number of benzene rings is 1. The second-order valence-corrected chi connectivity index (χ2v) is 5.86. The molecule has 0 aliphatic carbocycles. The van der Waals surface area contributed by atoms with Crippen LogP contribution in [0.25, 0.3) is 0 Å². The Morgan fingerprint density at radius 1 is 1.00 bits per heavy atom. The molecule has 0 unspecified atom stereocenters. The molecule has 0 radical (unpaired) electrons. The van der Waals surface area contributed by atoms with Gasteiger partial charge in [-0.3, -0.25) is 0 Å². The second-order valence-electron chi connectivity index (χ2n) is 5.07. The molecule has 110 valence electrons. The van der Waals surface area contributed by atoms with Crippen molar-refractivity contribution in [1.82, 2.24) is 9.97 Å². The van der Waals surface area contributed by atoms with Gasteiger partial charge in [0.05, 0.1) is 0 Å². The number of aromatic nitrogens is 2. The van der Waals surface area contributed by atoms with Crippen LogP contribution in [-0.2, 0) is 0 Å². The lowest BCUT2D eigenvalue weighted by atomic mass is 10.2. The van der Waals surface area contributed by atoms with E-state index in [-0.39, 0.29) is 0 Å². The molecule has 0 amide bonds. The van der Waals surface area contributed by atoms with Crippen molar-refractivity contribution in [3.05, 3.63) is 46.3 Å². The van der Waals surface area contributed by atoms with Crippen LogP contribution in [0.5, 0.6) is 0 Å². The molecule has 21 heavy (non-hydrogen) atoms. The van der Waals surface area contributed by atoms with E-state index in [1.54, 1.807) is 0 Å². The zero-order valence-corrected chi connectivity index (χ0v) is 13.3. The van der Waals surface area contributed by atoms with Crippen molar-refractivity contribution in [1.29, 1.82) is 0 Å². The molecule has 2 aromatic rings. The molecule has 0 N–H and O–H groups in total. The lowest BCUT2D eigenvalue weighted by Gasteiger charge is -2.37. The van der Waals surface area contributed by atoms with E-state index in [0.717, 1.165) is 42.6 Å². The first-order chi connectivity index (χ1) is 10.1. The first-order valence-corrected chi connectivity index (χ1v) is 7.63. The van der Waals surface area contributed by atoms with Crippen LogP contribution in [0, 0.1) is 6.92 Å². The molecule has 1 aromatic heterocycles. The molecule has 1 aliphatic heterocycles. The summed E-state index contributed by atoms with van der Waals surface area (Å²) in [4.78, 5) is 13.0. The molecule has 0 bridgehead atoms. The van der Waals surface area contributed by atoms with Crippen LogP contribution in [-0.4, -0.2) is 36.1 Å². The van der Waals surface area contributed by atoms with E-state index in [4.69, 9.17) is 23.2 Å². The van der Waals surface area contributed by atoms with Gasteiger partial charge in [-0.05, 0) is 25.1 Å². The highest BCUT2D eigenvalue weighted by atomic mass is 35.5. The molecule has 0 saturated carbocycles. The fourth-order valence-electron chi connectivity index (χ4n) is 2.59. The fourth-order valence-corrected chi connectivity index (χ4v) is 2.90. The highest BCUT2D eigenvalue weighted by Gasteiger charge is 2.20. The van der Waals surface area contributed by atoms with Crippen molar-refractivity contribution in [2.75, 3.05) is 36.0 Å². The monoisotopic (exact) mass is 322 g/mol. The van der Waals surface area contributed by atoms with E-state index in [2.05, 4.69) is 25.8 Å². The van der Waals surface area contributed by atoms with Gasteiger partial charge in [0.2, 0.25) is 0 Å². The van der Waals surface area contributed by atoms with E-state index < -0.39 is 0 Å². The van der Waals surface area contributed by atoms with Gasteiger partial charge in [-0.25, -0.2) is 9.97 Å². The van der Waals surface area contributed by atoms with E-state index in [9.17, 15) is 0 Å². The summed E-state index contributed by atoms with van der Waals surface area (Å²) in [5.41, 5.74) is 2.11. The maximum Gasteiger partial charge on any atom is 0.137 e. The number of halogens is 2. The molecule has 1 aromatic carbocycles. The molecule has 3 rings (SSSR count). The minimum Gasteiger partial charge on any atom is -0.368 e. The van der Waals surface area contributed by atoms with Crippen LogP contribution < -0.4 is 9.80 Å². The summed E-state index contributed by atoms with van der Waals surface area (Å²) in [6.45, 7) is 5.63. The van der Waals surface area contributed by atoms with Gasteiger partial charge in [-0.2, -0.15) is 0 Å². The Morgan fingerprint density at radius 3 is 2.43 bits per heavy atom. The number of hydrogen-bond donors (Lipinski definition) is 0. The average Bonchev–Trinajstić information content (AvgIpc) is 2.50. The Hall–Kier alpha value is -1.52. The average molecular weight is 323 g/mol. The van der Waals surface area contributed by atoms with Gasteiger partial charge >= 0.3 is 0 Å². The molecule has 0 spiro atoms. The summed E-state index contributed by atoms with van der Waals surface area (Å²) in [5.74, 6) is 0.931. The van der Waals surface area contributed by atoms with E-state index in [0.29, 0.717) is 5.15 Å². The molecule has 1 aliphatic rings. The molecule has 4 nitrogen and oxygen atoms in total. The van der Waals surface area contributed by atoms with E-state index in [1.807, 2.05) is 25.1 Å². The van der Waals surface area contributed by atoms with E-state index >= 15 is 0 Å². The molecule has 1 saturated heterocycles. The highest BCUT2D eigenvalue weighted by molar-refractivity contribution is 6.31. The maximum atomic E-state index is 6.07. The minimum absolute atomic E-state index is 0.525.